The van der Waals surface area contributed by atoms with Crippen molar-refractivity contribution in [2.45, 2.75) is 106 Å². The SMILES string of the molecule is CC(=O)OC[C@]12CC[C@@H](C(C)=O)[C@@H]1[C@H]1CC[C@@H]3[C@@]4(C)CCC(=O)[C@@H](C)[C@@H]4CC[C@@]3(C)[C@]1(C)CC2. The van der Waals surface area contributed by atoms with Gasteiger partial charge in [-0.05, 0) is 105 Å². The smallest absolute Gasteiger partial charge is 0.302 e. The second kappa shape index (κ2) is 7.90. The van der Waals surface area contributed by atoms with Crippen molar-refractivity contribution in [2.75, 3.05) is 6.61 Å². The second-order valence-corrected chi connectivity index (χ2v) is 13.9. The molecule has 0 aromatic rings. The number of carbonyl (C=O) groups excluding carboxylic acids is 3. The summed E-state index contributed by atoms with van der Waals surface area (Å²) in [6.07, 6.45) is 10.8. The molecular formula is C30H46O4. The van der Waals surface area contributed by atoms with Crippen LogP contribution in [0, 0.1) is 57.2 Å². The normalized spacial score (nSPS) is 52.1. The molecule has 0 aromatic carbocycles. The lowest BCUT2D eigenvalue weighted by Crippen LogP contribution is -2.65. The van der Waals surface area contributed by atoms with Gasteiger partial charge in [0, 0.05) is 30.6 Å². The van der Waals surface area contributed by atoms with Gasteiger partial charge >= 0.3 is 5.97 Å². The van der Waals surface area contributed by atoms with Crippen molar-refractivity contribution in [3.05, 3.63) is 0 Å². The summed E-state index contributed by atoms with van der Waals surface area (Å²) in [5.41, 5.74) is 0.647. The van der Waals surface area contributed by atoms with Gasteiger partial charge in [-0.2, -0.15) is 0 Å². The van der Waals surface area contributed by atoms with E-state index in [0.29, 0.717) is 41.8 Å². The minimum atomic E-state index is -0.199. The summed E-state index contributed by atoms with van der Waals surface area (Å²) < 4.78 is 5.68. The van der Waals surface area contributed by atoms with Crippen molar-refractivity contribution in [3.63, 3.8) is 0 Å². The average molecular weight is 471 g/mol. The van der Waals surface area contributed by atoms with Gasteiger partial charge in [-0.3, -0.25) is 14.4 Å². The molecule has 4 heteroatoms. The van der Waals surface area contributed by atoms with Gasteiger partial charge in [0.15, 0.2) is 0 Å². The maximum atomic E-state index is 12.9. The number of fused-ring (bicyclic) bond motifs is 7. The molecule has 190 valence electrons. The van der Waals surface area contributed by atoms with E-state index in [4.69, 9.17) is 4.74 Å². The molecule has 5 saturated carbocycles. The Morgan fingerprint density at radius 3 is 2.29 bits per heavy atom. The summed E-state index contributed by atoms with van der Waals surface area (Å²) in [5.74, 6) is 2.94. The summed E-state index contributed by atoms with van der Waals surface area (Å²) in [6.45, 7) is 13.7. The quantitative estimate of drug-likeness (QED) is 0.448. The highest BCUT2D eigenvalue weighted by Gasteiger charge is 2.70. The molecule has 5 aliphatic carbocycles. The first kappa shape index (κ1) is 24.5. The van der Waals surface area contributed by atoms with Crippen LogP contribution in [0.5, 0.6) is 0 Å². The molecule has 0 aliphatic heterocycles. The molecule has 0 heterocycles. The van der Waals surface area contributed by atoms with Crippen LogP contribution in [0.25, 0.3) is 0 Å². The predicted octanol–water partition coefficient (Wildman–Crippen LogP) is 6.40. The molecule has 34 heavy (non-hydrogen) atoms. The van der Waals surface area contributed by atoms with Crippen LogP contribution in [0.4, 0.5) is 0 Å². The van der Waals surface area contributed by atoms with E-state index in [1.807, 2.05) is 0 Å². The molecule has 0 radical (unpaired) electrons. The van der Waals surface area contributed by atoms with E-state index < -0.39 is 0 Å². The Hall–Kier alpha value is -1.19. The van der Waals surface area contributed by atoms with Gasteiger partial charge in [0.1, 0.15) is 11.6 Å². The number of ether oxygens (including phenoxy) is 1. The summed E-state index contributed by atoms with van der Waals surface area (Å²) >= 11 is 0. The number of esters is 1. The molecule has 4 nitrogen and oxygen atoms in total. The van der Waals surface area contributed by atoms with Gasteiger partial charge in [-0.1, -0.05) is 27.7 Å². The Balaban J connectivity index is 1.52. The first-order chi connectivity index (χ1) is 15.9. The number of hydrogen-bond acceptors (Lipinski definition) is 4. The third-order valence-corrected chi connectivity index (χ3v) is 13.1. The average Bonchev–Trinajstić information content (AvgIpc) is 3.16. The molecule has 10 atom stereocenters. The number of carbonyl (C=O) groups is 3. The number of Topliss-reactive ketones (excluding diaryl/α,β-unsaturated/α-hetero) is 2. The first-order valence-electron chi connectivity index (χ1n) is 14.1. The molecule has 0 aromatic heterocycles. The molecule has 5 fully saturated rings. The molecule has 0 unspecified atom stereocenters. The molecular weight excluding hydrogens is 424 g/mol. The fraction of sp³-hybridized carbons (Fsp3) is 0.900. The van der Waals surface area contributed by atoms with Crippen molar-refractivity contribution < 1.29 is 19.1 Å². The van der Waals surface area contributed by atoms with Crippen molar-refractivity contribution in [2.24, 2.45) is 57.2 Å². The highest BCUT2D eigenvalue weighted by atomic mass is 16.5. The molecule has 0 amide bonds. The summed E-state index contributed by atoms with van der Waals surface area (Å²) in [7, 11) is 0. The van der Waals surface area contributed by atoms with Crippen molar-refractivity contribution in [1.29, 1.82) is 0 Å². The van der Waals surface area contributed by atoms with E-state index in [1.54, 1.807) is 6.92 Å². The lowest BCUT2D eigenvalue weighted by molar-refractivity contribution is -0.231. The minimum Gasteiger partial charge on any atom is -0.465 e. The van der Waals surface area contributed by atoms with Crippen molar-refractivity contribution in [3.8, 4) is 0 Å². The molecule has 0 N–H and O–H groups in total. The van der Waals surface area contributed by atoms with Crippen LogP contribution in [-0.2, 0) is 19.1 Å². The van der Waals surface area contributed by atoms with Crippen LogP contribution in [0.2, 0.25) is 0 Å². The van der Waals surface area contributed by atoms with E-state index in [0.717, 1.165) is 38.5 Å². The fourth-order valence-electron chi connectivity index (χ4n) is 11.1. The van der Waals surface area contributed by atoms with Crippen LogP contribution in [0.3, 0.4) is 0 Å². The third-order valence-electron chi connectivity index (χ3n) is 13.1. The van der Waals surface area contributed by atoms with Crippen LogP contribution in [0.15, 0.2) is 0 Å². The van der Waals surface area contributed by atoms with Gasteiger partial charge in [0.25, 0.3) is 0 Å². The molecule has 5 aliphatic rings. The van der Waals surface area contributed by atoms with Gasteiger partial charge in [-0.15, -0.1) is 0 Å². The number of hydrogen-bond donors (Lipinski definition) is 0. The third kappa shape index (κ3) is 3.11. The maximum absolute atomic E-state index is 12.9. The predicted molar refractivity (Wildman–Crippen MR) is 132 cm³/mol. The van der Waals surface area contributed by atoms with Crippen LogP contribution in [0.1, 0.15) is 106 Å². The van der Waals surface area contributed by atoms with Crippen molar-refractivity contribution >= 4 is 17.5 Å². The topological polar surface area (TPSA) is 60.4 Å². The monoisotopic (exact) mass is 470 g/mol. The van der Waals surface area contributed by atoms with Gasteiger partial charge in [-0.25, -0.2) is 0 Å². The largest absolute Gasteiger partial charge is 0.465 e. The Morgan fingerprint density at radius 2 is 1.62 bits per heavy atom. The van der Waals surface area contributed by atoms with E-state index >= 15 is 0 Å². The van der Waals surface area contributed by atoms with Gasteiger partial charge in [0.05, 0.1) is 6.61 Å². The lowest BCUT2D eigenvalue weighted by Gasteiger charge is -2.71. The highest BCUT2D eigenvalue weighted by Crippen LogP contribution is 2.76. The standard InChI is InChI=1S/C30H46O4/c1-18-22-10-13-29(6)25(27(22,4)12-11-24(18)33)8-7-23-26-21(19(2)31)9-14-30(26,17-34-20(3)32)16-15-28(23,29)5/h18,21-23,25-26H,7-17H2,1-6H3/t18-,21-,22-,23+,25+,26+,27-,28+,29+,30+/m0/s1. The molecule has 5 rings (SSSR count). The summed E-state index contributed by atoms with van der Waals surface area (Å²) in [4.78, 5) is 37.3. The summed E-state index contributed by atoms with van der Waals surface area (Å²) in [6, 6.07) is 0. The maximum Gasteiger partial charge on any atom is 0.302 e. The minimum absolute atomic E-state index is 0.0255. The van der Waals surface area contributed by atoms with Crippen molar-refractivity contribution in [1.82, 2.24) is 0 Å². The molecule has 0 saturated heterocycles. The second-order valence-electron chi connectivity index (χ2n) is 13.9. The Labute approximate surface area is 206 Å². The van der Waals surface area contributed by atoms with Crippen LogP contribution in [-0.4, -0.2) is 24.1 Å². The Kier molecular flexibility index (Phi) is 5.70. The first-order valence-corrected chi connectivity index (χ1v) is 14.1. The van der Waals surface area contributed by atoms with E-state index in [1.165, 1.54) is 32.6 Å². The highest BCUT2D eigenvalue weighted by molar-refractivity contribution is 5.82. The van der Waals surface area contributed by atoms with E-state index in [-0.39, 0.29) is 39.5 Å². The summed E-state index contributed by atoms with van der Waals surface area (Å²) in [5, 5.41) is 0. The van der Waals surface area contributed by atoms with E-state index in [9.17, 15) is 14.4 Å². The lowest BCUT2D eigenvalue weighted by atomic mass is 9.33. The zero-order valence-corrected chi connectivity index (χ0v) is 22.4. The Bertz CT molecular complexity index is 894. The van der Waals surface area contributed by atoms with E-state index in [2.05, 4.69) is 27.7 Å². The van der Waals surface area contributed by atoms with Crippen LogP contribution >= 0.6 is 0 Å². The van der Waals surface area contributed by atoms with Crippen LogP contribution < -0.4 is 0 Å². The number of ketones is 2. The zero-order valence-electron chi connectivity index (χ0n) is 22.4. The fourth-order valence-corrected chi connectivity index (χ4v) is 11.1. The zero-order chi connectivity index (χ0) is 24.7. The van der Waals surface area contributed by atoms with Gasteiger partial charge < -0.3 is 4.74 Å². The van der Waals surface area contributed by atoms with Gasteiger partial charge in [0.2, 0.25) is 0 Å². The number of rotatable bonds is 3. The Morgan fingerprint density at radius 1 is 0.882 bits per heavy atom. The molecule has 0 bridgehead atoms. The molecule has 0 spiro atoms.